The lowest BCUT2D eigenvalue weighted by Gasteiger charge is -2.58. The number of nitrogens with zero attached hydrogens (tertiary/aromatic N) is 1. The molecule has 1 aromatic rings. The first kappa shape index (κ1) is 24.4. The Morgan fingerprint density at radius 1 is 1.18 bits per heavy atom. The van der Waals surface area contributed by atoms with Crippen LogP contribution in [0.25, 0.3) is 0 Å². The molecule has 3 fully saturated rings. The van der Waals surface area contributed by atoms with Gasteiger partial charge >= 0.3 is 0 Å². The molecule has 3 unspecified atom stereocenters. The first-order chi connectivity index (χ1) is 15.8. The topological polar surface area (TPSA) is 154 Å². The highest BCUT2D eigenvalue weighted by Gasteiger charge is 2.63. The van der Waals surface area contributed by atoms with E-state index in [2.05, 4.69) is 20.9 Å². The second-order valence-electron chi connectivity index (χ2n) is 9.04. The van der Waals surface area contributed by atoms with E-state index in [4.69, 9.17) is 14.2 Å². The third-order valence-electron chi connectivity index (χ3n) is 6.85. The van der Waals surface area contributed by atoms with Crippen molar-refractivity contribution in [2.75, 3.05) is 14.1 Å². The third-order valence-corrected chi connectivity index (χ3v) is 6.85. The molecular weight excluding hydrogens is 432 g/mol. The van der Waals surface area contributed by atoms with E-state index < -0.39 is 54.6 Å². The Labute approximate surface area is 192 Å². The monoisotopic (exact) mass is 466 g/mol. The lowest BCUT2D eigenvalue weighted by molar-refractivity contribution is -0.449. The maximum atomic E-state index is 12.7. The van der Waals surface area contributed by atoms with Crippen LogP contribution >= 0.6 is 0 Å². The molecule has 3 heterocycles. The molecule has 1 aromatic heterocycles. The molecule has 1 amide bonds. The van der Waals surface area contributed by atoms with Gasteiger partial charge in [0, 0.05) is 18.8 Å². The Kier molecular flexibility index (Phi) is 7.32. The molecule has 10 atom stereocenters. The quantitative estimate of drug-likeness (QED) is 0.278. The molecule has 2 saturated heterocycles. The molecule has 1 aliphatic carbocycles. The number of hydrogen-bond donors (Lipinski definition) is 6. The smallest absolute Gasteiger partial charge is 0.239 e. The van der Waals surface area contributed by atoms with E-state index in [0.29, 0.717) is 12.8 Å². The number of hydrogen-bond acceptors (Lipinski definition) is 10. The van der Waals surface area contributed by atoms with E-state index in [9.17, 15) is 20.1 Å². The maximum Gasteiger partial charge on any atom is 0.239 e. The summed E-state index contributed by atoms with van der Waals surface area (Å²) in [5.41, 5.74) is 0.936. The van der Waals surface area contributed by atoms with E-state index in [1.54, 1.807) is 26.5 Å². The molecule has 1 saturated carbocycles. The normalized spacial score (nSPS) is 42.8. The number of aliphatic hydroxyl groups is 3. The molecule has 11 heteroatoms. The SMILES string of the molecule is CN[C@@H]1[C@H](O)[C@H](NC)C2O[C@]3(O)C(OC2[C@H]1O)O[C@H](C)C[C@H]3NC(=O)CCc1cccnc1. The summed E-state index contributed by atoms with van der Waals surface area (Å²) in [6.45, 7) is 1.82. The van der Waals surface area contributed by atoms with Crippen molar-refractivity contribution in [2.24, 2.45) is 0 Å². The molecule has 33 heavy (non-hydrogen) atoms. The van der Waals surface area contributed by atoms with Gasteiger partial charge in [-0.3, -0.25) is 9.78 Å². The zero-order valence-corrected chi connectivity index (χ0v) is 19.0. The van der Waals surface area contributed by atoms with Gasteiger partial charge in [-0.05, 0) is 45.5 Å². The summed E-state index contributed by atoms with van der Waals surface area (Å²) in [5.74, 6) is -2.24. The summed E-state index contributed by atoms with van der Waals surface area (Å²) in [7, 11) is 3.30. The van der Waals surface area contributed by atoms with Crippen molar-refractivity contribution in [3.63, 3.8) is 0 Å². The number of nitrogens with one attached hydrogen (secondary N) is 3. The number of aromatic nitrogens is 1. The van der Waals surface area contributed by atoms with Gasteiger partial charge in [-0.2, -0.15) is 0 Å². The Morgan fingerprint density at radius 2 is 1.94 bits per heavy atom. The Hall–Kier alpha value is -1.70. The predicted molar refractivity (Wildman–Crippen MR) is 116 cm³/mol. The van der Waals surface area contributed by atoms with Crippen LogP contribution in [0.1, 0.15) is 25.3 Å². The Balaban J connectivity index is 1.51. The van der Waals surface area contributed by atoms with Gasteiger partial charge in [0.15, 0.2) is 0 Å². The number of aliphatic hydroxyl groups excluding tert-OH is 2. The van der Waals surface area contributed by atoms with Crippen LogP contribution in [-0.4, -0.2) is 101 Å². The molecule has 4 rings (SSSR count). The summed E-state index contributed by atoms with van der Waals surface area (Å²) in [6, 6.07) is 1.61. The van der Waals surface area contributed by atoms with Crippen molar-refractivity contribution in [1.29, 1.82) is 0 Å². The van der Waals surface area contributed by atoms with Crippen molar-refractivity contribution < 1.29 is 34.3 Å². The van der Waals surface area contributed by atoms with Crippen LogP contribution in [0.5, 0.6) is 0 Å². The highest BCUT2D eigenvalue weighted by molar-refractivity contribution is 5.76. The standard InChI is InChI=1S/C22H34N4O7/c1-11-9-13(26-14(27)7-6-12-5-4-8-25-10-12)22(30)21(31-11)32-20-18(29)15(23-2)17(28)16(24-3)19(20)33-22/h4-5,8,10-11,13,15-21,23-24,28-30H,6-7,9H2,1-3H3,(H,26,27)/t11-,13-,15-,16+,17+,18+,19?,20?,21?,22+/m1/s1. The molecule has 0 spiro atoms. The number of carbonyl (C=O) groups excluding carboxylic acids is 1. The molecule has 11 nitrogen and oxygen atoms in total. The van der Waals surface area contributed by atoms with Gasteiger partial charge in [0.2, 0.25) is 18.0 Å². The van der Waals surface area contributed by atoms with Gasteiger partial charge in [0.1, 0.15) is 18.3 Å². The lowest BCUT2D eigenvalue weighted by Crippen LogP contribution is -2.79. The summed E-state index contributed by atoms with van der Waals surface area (Å²) < 4.78 is 18.0. The van der Waals surface area contributed by atoms with Crippen LogP contribution in [-0.2, 0) is 25.4 Å². The number of aryl methyl sites for hydroxylation is 1. The van der Waals surface area contributed by atoms with Crippen molar-refractivity contribution >= 4 is 5.91 Å². The fraction of sp³-hybridized carbons (Fsp3) is 0.727. The maximum absolute atomic E-state index is 12.7. The van der Waals surface area contributed by atoms with Crippen molar-refractivity contribution in [3.8, 4) is 0 Å². The van der Waals surface area contributed by atoms with Crippen LogP contribution in [0.15, 0.2) is 24.5 Å². The third kappa shape index (κ3) is 4.64. The van der Waals surface area contributed by atoms with E-state index in [0.717, 1.165) is 5.56 Å². The molecule has 3 aliphatic rings. The Morgan fingerprint density at radius 3 is 2.61 bits per heavy atom. The van der Waals surface area contributed by atoms with Crippen LogP contribution in [0.3, 0.4) is 0 Å². The predicted octanol–water partition coefficient (Wildman–Crippen LogP) is -1.98. The summed E-state index contributed by atoms with van der Waals surface area (Å²) >= 11 is 0. The molecule has 0 bridgehead atoms. The number of pyridine rings is 1. The number of fused-ring (bicyclic) bond motifs is 2. The summed E-state index contributed by atoms with van der Waals surface area (Å²) in [4.78, 5) is 16.8. The molecular formula is C22H34N4O7. The van der Waals surface area contributed by atoms with Crippen LogP contribution in [0.2, 0.25) is 0 Å². The highest BCUT2D eigenvalue weighted by atomic mass is 16.8. The minimum absolute atomic E-state index is 0.214. The number of amides is 1. The number of ether oxygens (including phenoxy) is 3. The van der Waals surface area contributed by atoms with Crippen molar-refractivity contribution in [2.45, 2.75) is 86.9 Å². The van der Waals surface area contributed by atoms with E-state index >= 15 is 0 Å². The number of likely N-dealkylation sites (N-methyl/N-ethyl adjacent to an activating group) is 2. The van der Waals surface area contributed by atoms with Crippen molar-refractivity contribution in [1.82, 2.24) is 20.9 Å². The second-order valence-corrected chi connectivity index (χ2v) is 9.04. The average Bonchev–Trinajstić information content (AvgIpc) is 2.79. The summed E-state index contributed by atoms with van der Waals surface area (Å²) in [6.07, 6.45) is -0.974. The fourth-order valence-corrected chi connectivity index (χ4v) is 5.09. The first-order valence-electron chi connectivity index (χ1n) is 11.4. The second kappa shape index (κ2) is 9.88. The molecule has 0 radical (unpaired) electrons. The zero-order chi connectivity index (χ0) is 23.8. The lowest BCUT2D eigenvalue weighted by atomic mass is 9.79. The zero-order valence-electron chi connectivity index (χ0n) is 19.0. The Bertz CT molecular complexity index is 817. The highest BCUT2D eigenvalue weighted by Crippen LogP contribution is 2.41. The van der Waals surface area contributed by atoms with Gasteiger partial charge < -0.3 is 45.5 Å². The first-order valence-corrected chi connectivity index (χ1v) is 11.4. The van der Waals surface area contributed by atoms with Crippen molar-refractivity contribution in [3.05, 3.63) is 30.1 Å². The molecule has 6 N–H and O–H groups in total. The van der Waals surface area contributed by atoms with Gasteiger partial charge in [0.05, 0.1) is 30.3 Å². The number of carbonyl (C=O) groups is 1. The van der Waals surface area contributed by atoms with Gasteiger partial charge in [-0.15, -0.1) is 0 Å². The minimum atomic E-state index is -1.99. The number of rotatable bonds is 6. The molecule has 184 valence electrons. The molecule has 2 aliphatic heterocycles. The average molecular weight is 467 g/mol. The van der Waals surface area contributed by atoms with E-state index in [1.807, 2.05) is 19.1 Å². The van der Waals surface area contributed by atoms with E-state index in [1.165, 1.54) is 0 Å². The van der Waals surface area contributed by atoms with Crippen LogP contribution in [0, 0.1) is 0 Å². The molecule has 0 aromatic carbocycles. The van der Waals surface area contributed by atoms with Gasteiger partial charge in [0.25, 0.3) is 0 Å². The van der Waals surface area contributed by atoms with Crippen LogP contribution in [0.4, 0.5) is 0 Å². The largest absolute Gasteiger partial charge is 0.390 e. The minimum Gasteiger partial charge on any atom is -0.390 e. The fourth-order valence-electron chi connectivity index (χ4n) is 5.09. The van der Waals surface area contributed by atoms with E-state index in [-0.39, 0.29) is 18.4 Å². The van der Waals surface area contributed by atoms with Crippen LogP contribution < -0.4 is 16.0 Å². The van der Waals surface area contributed by atoms with Gasteiger partial charge in [-0.25, -0.2) is 0 Å². The van der Waals surface area contributed by atoms with Gasteiger partial charge in [-0.1, -0.05) is 6.07 Å². The summed E-state index contributed by atoms with van der Waals surface area (Å²) in [5, 5.41) is 41.9.